The van der Waals surface area contributed by atoms with Gasteiger partial charge in [0.05, 0.1) is 19.8 Å². The Balaban J connectivity index is 1.63. The molecule has 1 aliphatic rings. The smallest absolute Gasteiger partial charge is 0.254 e. The van der Waals surface area contributed by atoms with Crippen molar-refractivity contribution >= 4 is 5.91 Å². The van der Waals surface area contributed by atoms with Gasteiger partial charge in [0.1, 0.15) is 11.9 Å². The van der Waals surface area contributed by atoms with Gasteiger partial charge in [0.2, 0.25) is 17.5 Å². The maximum absolute atomic E-state index is 13.6. The average molecular weight is 470 g/mol. The van der Waals surface area contributed by atoms with Gasteiger partial charge in [0, 0.05) is 17.7 Å². The fourth-order valence-corrected chi connectivity index (χ4v) is 4.03. The third kappa shape index (κ3) is 4.83. The molecule has 1 saturated heterocycles. The van der Waals surface area contributed by atoms with E-state index >= 15 is 0 Å². The molecule has 0 radical (unpaired) electrons. The molecule has 0 N–H and O–H groups in total. The van der Waals surface area contributed by atoms with Gasteiger partial charge in [0.25, 0.3) is 5.91 Å². The molecule has 1 aromatic heterocycles. The van der Waals surface area contributed by atoms with Crippen LogP contribution in [0.5, 0.6) is 17.2 Å². The van der Waals surface area contributed by atoms with E-state index in [-0.39, 0.29) is 17.8 Å². The molecule has 0 bridgehead atoms. The molecule has 2 heterocycles. The number of nitrogens with zero attached hydrogens (tertiary/aromatic N) is 3. The highest BCUT2D eigenvalue weighted by molar-refractivity contribution is 5.96. The minimum absolute atomic E-state index is 0.186. The number of amides is 1. The number of benzene rings is 2. The standard InChI is InChI=1S/C25H28FN3O5/c1-4-31-20-14-17(15-21(32-5-2)22(20)33-6-3)25(30)29-13-7-8-19(29)24-27-23(28-34-24)16-9-11-18(26)12-10-16/h9-12,14-15,19H,4-8,13H2,1-3H3/t19-/m1/s1. The summed E-state index contributed by atoms with van der Waals surface area (Å²) in [6, 6.07) is 8.88. The molecular weight excluding hydrogens is 441 g/mol. The summed E-state index contributed by atoms with van der Waals surface area (Å²) in [6.07, 6.45) is 1.50. The van der Waals surface area contributed by atoms with Gasteiger partial charge in [0.15, 0.2) is 11.5 Å². The molecule has 0 aliphatic carbocycles. The zero-order valence-corrected chi connectivity index (χ0v) is 19.5. The van der Waals surface area contributed by atoms with E-state index < -0.39 is 0 Å². The summed E-state index contributed by atoms with van der Waals surface area (Å²) in [6.45, 7) is 7.45. The summed E-state index contributed by atoms with van der Waals surface area (Å²) in [5.41, 5.74) is 1.07. The lowest BCUT2D eigenvalue weighted by atomic mass is 10.1. The van der Waals surface area contributed by atoms with Crippen LogP contribution in [-0.2, 0) is 0 Å². The molecule has 2 aromatic carbocycles. The van der Waals surface area contributed by atoms with Gasteiger partial charge in [-0.15, -0.1) is 0 Å². The average Bonchev–Trinajstić information content (AvgIpc) is 3.51. The number of carbonyl (C=O) groups excluding carboxylic acids is 1. The first-order valence-corrected chi connectivity index (χ1v) is 11.5. The first-order valence-electron chi connectivity index (χ1n) is 11.5. The molecule has 4 rings (SSSR count). The van der Waals surface area contributed by atoms with Gasteiger partial charge in [-0.1, -0.05) is 5.16 Å². The third-order valence-electron chi connectivity index (χ3n) is 5.50. The molecule has 34 heavy (non-hydrogen) atoms. The van der Waals surface area contributed by atoms with Gasteiger partial charge in [-0.05, 0) is 70.0 Å². The molecule has 8 nitrogen and oxygen atoms in total. The first-order chi connectivity index (χ1) is 16.5. The highest BCUT2D eigenvalue weighted by Gasteiger charge is 2.35. The largest absolute Gasteiger partial charge is 0.490 e. The lowest BCUT2D eigenvalue weighted by Crippen LogP contribution is -2.30. The summed E-state index contributed by atoms with van der Waals surface area (Å²) < 4.78 is 36.0. The molecular formula is C25H28FN3O5. The quantitative estimate of drug-likeness (QED) is 0.433. The SMILES string of the molecule is CCOc1cc(C(=O)N2CCC[C@@H]2c2nc(-c3ccc(F)cc3)no2)cc(OCC)c1OCC. The lowest BCUT2D eigenvalue weighted by Gasteiger charge is -2.23. The van der Waals surface area contributed by atoms with Crippen molar-refractivity contribution in [1.82, 2.24) is 15.0 Å². The number of likely N-dealkylation sites (tertiary alicyclic amines) is 1. The Labute approximate surface area is 197 Å². The molecule has 1 fully saturated rings. The third-order valence-corrected chi connectivity index (χ3v) is 5.50. The van der Waals surface area contributed by atoms with E-state index in [1.54, 1.807) is 29.2 Å². The van der Waals surface area contributed by atoms with Crippen LogP contribution in [-0.4, -0.2) is 47.3 Å². The number of hydrogen-bond donors (Lipinski definition) is 0. The maximum atomic E-state index is 13.6. The summed E-state index contributed by atoms with van der Waals surface area (Å²) in [5.74, 6) is 1.60. The zero-order valence-electron chi connectivity index (χ0n) is 19.5. The normalized spacial score (nSPS) is 15.4. The summed E-state index contributed by atoms with van der Waals surface area (Å²) in [7, 11) is 0. The van der Waals surface area contributed by atoms with E-state index in [0.29, 0.717) is 72.9 Å². The summed E-state index contributed by atoms with van der Waals surface area (Å²) >= 11 is 0. The van der Waals surface area contributed by atoms with E-state index in [9.17, 15) is 9.18 Å². The molecule has 1 amide bonds. The number of hydrogen-bond acceptors (Lipinski definition) is 7. The molecule has 1 atom stereocenters. The molecule has 9 heteroatoms. The van der Waals surface area contributed by atoms with Crippen molar-refractivity contribution in [1.29, 1.82) is 0 Å². The van der Waals surface area contributed by atoms with Crippen molar-refractivity contribution < 1.29 is 27.9 Å². The monoisotopic (exact) mass is 469 g/mol. The Kier molecular flexibility index (Phi) is 7.30. The lowest BCUT2D eigenvalue weighted by molar-refractivity contribution is 0.0709. The predicted molar refractivity (Wildman–Crippen MR) is 123 cm³/mol. The van der Waals surface area contributed by atoms with Crippen LogP contribution in [0.2, 0.25) is 0 Å². The fourth-order valence-electron chi connectivity index (χ4n) is 4.03. The van der Waals surface area contributed by atoms with Crippen LogP contribution in [0.4, 0.5) is 4.39 Å². The summed E-state index contributed by atoms with van der Waals surface area (Å²) in [5, 5.41) is 4.03. The molecule has 180 valence electrons. The van der Waals surface area contributed by atoms with Gasteiger partial charge in [-0.3, -0.25) is 4.79 Å². The van der Waals surface area contributed by atoms with Gasteiger partial charge < -0.3 is 23.6 Å². The highest BCUT2D eigenvalue weighted by Crippen LogP contribution is 2.41. The van der Waals surface area contributed by atoms with E-state index in [2.05, 4.69) is 10.1 Å². The maximum Gasteiger partial charge on any atom is 0.254 e. The van der Waals surface area contributed by atoms with Gasteiger partial charge in [-0.2, -0.15) is 4.98 Å². The second-order valence-corrected chi connectivity index (χ2v) is 7.72. The number of aromatic nitrogens is 2. The predicted octanol–water partition coefficient (Wildman–Crippen LogP) is 5.05. The second-order valence-electron chi connectivity index (χ2n) is 7.72. The minimum atomic E-state index is -0.355. The molecule has 3 aromatic rings. The van der Waals surface area contributed by atoms with E-state index in [1.807, 2.05) is 20.8 Å². The molecule has 1 aliphatic heterocycles. The van der Waals surface area contributed by atoms with Crippen LogP contribution in [0.1, 0.15) is 55.9 Å². The Morgan fingerprint density at radius 2 is 1.71 bits per heavy atom. The second kappa shape index (κ2) is 10.5. The first kappa shape index (κ1) is 23.5. The Morgan fingerprint density at radius 3 is 2.32 bits per heavy atom. The Hall–Kier alpha value is -3.62. The van der Waals surface area contributed by atoms with Gasteiger partial charge >= 0.3 is 0 Å². The van der Waals surface area contributed by atoms with Crippen molar-refractivity contribution in [2.75, 3.05) is 26.4 Å². The number of rotatable bonds is 9. The van der Waals surface area contributed by atoms with Crippen LogP contribution in [0.15, 0.2) is 40.9 Å². The molecule has 0 saturated carbocycles. The van der Waals surface area contributed by atoms with Gasteiger partial charge in [-0.25, -0.2) is 4.39 Å². The van der Waals surface area contributed by atoms with Crippen molar-refractivity contribution in [3.05, 3.63) is 53.7 Å². The van der Waals surface area contributed by atoms with Crippen LogP contribution >= 0.6 is 0 Å². The van der Waals surface area contributed by atoms with Crippen LogP contribution in [0.25, 0.3) is 11.4 Å². The fraction of sp³-hybridized carbons (Fsp3) is 0.400. The highest BCUT2D eigenvalue weighted by atomic mass is 19.1. The molecule has 0 unspecified atom stereocenters. The van der Waals surface area contributed by atoms with Crippen LogP contribution in [0.3, 0.4) is 0 Å². The Morgan fingerprint density at radius 1 is 1.06 bits per heavy atom. The minimum Gasteiger partial charge on any atom is -0.490 e. The zero-order chi connectivity index (χ0) is 24.1. The topological polar surface area (TPSA) is 86.9 Å². The van der Waals surface area contributed by atoms with E-state index in [0.717, 1.165) is 6.42 Å². The number of ether oxygens (including phenoxy) is 3. The van der Waals surface area contributed by atoms with Crippen LogP contribution in [0, 0.1) is 5.82 Å². The summed E-state index contributed by atoms with van der Waals surface area (Å²) in [4.78, 5) is 19.8. The van der Waals surface area contributed by atoms with Crippen molar-refractivity contribution in [3.8, 4) is 28.6 Å². The van der Waals surface area contributed by atoms with Crippen molar-refractivity contribution in [2.24, 2.45) is 0 Å². The Bertz CT molecular complexity index is 1100. The van der Waals surface area contributed by atoms with E-state index in [1.165, 1.54) is 12.1 Å². The van der Waals surface area contributed by atoms with E-state index in [4.69, 9.17) is 18.7 Å². The van der Waals surface area contributed by atoms with Crippen molar-refractivity contribution in [3.63, 3.8) is 0 Å². The van der Waals surface area contributed by atoms with Crippen molar-refractivity contribution in [2.45, 2.75) is 39.7 Å². The number of halogens is 1. The molecule has 0 spiro atoms. The number of carbonyl (C=O) groups is 1. The van der Waals surface area contributed by atoms with Crippen LogP contribution < -0.4 is 14.2 Å².